The summed E-state index contributed by atoms with van der Waals surface area (Å²) < 4.78 is 5.88. The van der Waals surface area contributed by atoms with E-state index in [2.05, 4.69) is 22.2 Å². The first kappa shape index (κ1) is 16.4. The summed E-state index contributed by atoms with van der Waals surface area (Å²) in [6, 6.07) is 0. The van der Waals surface area contributed by atoms with Gasteiger partial charge in [0.1, 0.15) is 5.82 Å². The van der Waals surface area contributed by atoms with Crippen LogP contribution in [0.2, 0.25) is 0 Å². The third-order valence-corrected chi connectivity index (χ3v) is 7.04. The molecule has 1 heterocycles. The van der Waals surface area contributed by atoms with Crippen LogP contribution in [0, 0.1) is 17.8 Å². The zero-order valence-electron chi connectivity index (χ0n) is 15.5. The second-order valence-electron chi connectivity index (χ2n) is 9.19. The third kappa shape index (κ3) is 2.95. The number of ether oxygens (including phenoxy) is 1. The molecule has 2 N–H and O–H groups in total. The number of hydrogen-bond donors (Lipinski definition) is 2. The molecule has 5 heteroatoms. The number of carbonyl (C=O) groups excluding carboxylic acids is 1. The second-order valence-corrected chi connectivity index (χ2v) is 9.19. The maximum atomic E-state index is 12.7. The van der Waals surface area contributed by atoms with Crippen LogP contribution in [-0.2, 0) is 9.53 Å². The van der Waals surface area contributed by atoms with E-state index in [0.29, 0.717) is 11.7 Å². The highest BCUT2D eigenvalue weighted by Crippen LogP contribution is 2.55. The minimum atomic E-state index is 0.0109. The van der Waals surface area contributed by atoms with Crippen LogP contribution in [-0.4, -0.2) is 24.0 Å². The molecule has 0 saturated heterocycles. The van der Waals surface area contributed by atoms with Crippen molar-refractivity contribution in [3.05, 3.63) is 23.7 Å². The Labute approximate surface area is 155 Å². The summed E-state index contributed by atoms with van der Waals surface area (Å²) in [6.45, 7) is 3.98. The molecular weight excluding hydrogens is 326 g/mol. The number of nitrogens with zero attached hydrogens (tertiary/aromatic N) is 1. The topological polar surface area (TPSA) is 62.7 Å². The van der Waals surface area contributed by atoms with Crippen LogP contribution in [0.5, 0.6) is 0 Å². The number of amides is 1. The Morgan fingerprint density at radius 3 is 2.50 bits per heavy atom. The lowest BCUT2D eigenvalue weighted by atomic mass is 9.53. The Kier molecular flexibility index (Phi) is 3.87. The summed E-state index contributed by atoms with van der Waals surface area (Å²) in [5.74, 6) is 3.71. The summed E-state index contributed by atoms with van der Waals surface area (Å²) in [5.41, 5.74) is 2.35. The van der Waals surface area contributed by atoms with Crippen molar-refractivity contribution in [1.29, 1.82) is 0 Å². The largest absolute Gasteiger partial charge is 0.467 e. The molecule has 140 valence electrons. The van der Waals surface area contributed by atoms with E-state index in [0.717, 1.165) is 42.6 Å². The number of nitrogens with one attached hydrogen (secondary N) is 2. The van der Waals surface area contributed by atoms with E-state index in [9.17, 15) is 4.79 Å². The molecule has 1 amide bonds. The Morgan fingerprint density at radius 2 is 1.81 bits per heavy atom. The second kappa shape index (κ2) is 6.14. The molecule has 26 heavy (non-hydrogen) atoms. The predicted octanol–water partition coefficient (Wildman–Crippen LogP) is 3.39. The van der Waals surface area contributed by atoms with Crippen LogP contribution in [0.25, 0.3) is 0 Å². The fourth-order valence-electron chi connectivity index (χ4n) is 6.52. The van der Waals surface area contributed by atoms with Crippen molar-refractivity contribution in [2.24, 2.45) is 22.7 Å². The van der Waals surface area contributed by atoms with Gasteiger partial charge in [-0.2, -0.15) is 4.99 Å². The molecule has 0 atom stereocenters. The van der Waals surface area contributed by atoms with Gasteiger partial charge in [-0.3, -0.25) is 4.79 Å². The minimum absolute atomic E-state index is 0.0109. The van der Waals surface area contributed by atoms with Crippen LogP contribution < -0.4 is 10.6 Å². The molecule has 5 aliphatic carbocycles. The first-order valence-electron chi connectivity index (χ1n) is 10.3. The van der Waals surface area contributed by atoms with Crippen LogP contribution in [0.3, 0.4) is 0 Å². The van der Waals surface area contributed by atoms with Gasteiger partial charge in [-0.1, -0.05) is 6.58 Å². The predicted molar refractivity (Wildman–Crippen MR) is 100 cm³/mol. The molecule has 0 spiro atoms. The molecule has 6 aliphatic rings. The van der Waals surface area contributed by atoms with Gasteiger partial charge in [-0.05, 0) is 82.0 Å². The molecule has 0 aromatic carbocycles. The van der Waals surface area contributed by atoms with E-state index >= 15 is 0 Å². The SMILES string of the molecule is C=C1N=C(OCC(=O)NC23CC4CC(CC(C4)C2)C3)C2=C(CCCC2)N1. The van der Waals surface area contributed by atoms with Crippen LogP contribution in [0.15, 0.2) is 28.7 Å². The van der Waals surface area contributed by atoms with Gasteiger partial charge in [0.25, 0.3) is 5.91 Å². The molecule has 0 radical (unpaired) electrons. The fourth-order valence-corrected chi connectivity index (χ4v) is 6.52. The van der Waals surface area contributed by atoms with E-state index < -0.39 is 0 Å². The Hall–Kier alpha value is -1.78. The molecule has 6 rings (SSSR count). The summed E-state index contributed by atoms with van der Waals surface area (Å²) in [4.78, 5) is 17.1. The van der Waals surface area contributed by atoms with Crippen molar-refractivity contribution in [3.8, 4) is 0 Å². The highest BCUT2D eigenvalue weighted by atomic mass is 16.5. The summed E-state index contributed by atoms with van der Waals surface area (Å²) in [6.07, 6.45) is 12.0. The van der Waals surface area contributed by atoms with Crippen LogP contribution >= 0.6 is 0 Å². The zero-order valence-corrected chi connectivity index (χ0v) is 15.5. The molecule has 0 aromatic rings. The number of hydrogen-bond acceptors (Lipinski definition) is 4. The van der Waals surface area contributed by atoms with Crippen LogP contribution in [0.1, 0.15) is 64.2 Å². The number of rotatable bonds is 3. The van der Waals surface area contributed by atoms with Crippen molar-refractivity contribution in [2.75, 3.05) is 6.61 Å². The van der Waals surface area contributed by atoms with Gasteiger partial charge in [-0.15, -0.1) is 0 Å². The highest BCUT2D eigenvalue weighted by molar-refractivity contribution is 5.97. The molecule has 4 bridgehead atoms. The average Bonchev–Trinajstić information content (AvgIpc) is 2.58. The van der Waals surface area contributed by atoms with E-state index in [-0.39, 0.29) is 18.1 Å². The molecule has 4 fully saturated rings. The molecule has 4 saturated carbocycles. The van der Waals surface area contributed by atoms with Crippen molar-refractivity contribution < 1.29 is 9.53 Å². The van der Waals surface area contributed by atoms with Gasteiger partial charge >= 0.3 is 0 Å². The monoisotopic (exact) mass is 355 g/mol. The van der Waals surface area contributed by atoms with Crippen molar-refractivity contribution in [1.82, 2.24) is 10.6 Å². The van der Waals surface area contributed by atoms with E-state index in [1.165, 1.54) is 50.6 Å². The number of aliphatic imine (C=N–C) groups is 1. The molecule has 0 aromatic heterocycles. The van der Waals surface area contributed by atoms with E-state index in [4.69, 9.17) is 4.74 Å². The summed E-state index contributed by atoms with van der Waals surface area (Å²) in [7, 11) is 0. The zero-order chi connectivity index (χ0) is 17.7. The van der Waals surface area contributed by atoms with E-state index in [1.807, 2.05) is 0 Å². The standard InChI is InChI=1S/C21H29N3O2/c1-13-22-18-5-3-2-4-17(18)20(23-13)26-12-19(25)24-21-9-14-6-15(10-21)8-16(7-14)11-21/h14-16,22H,1-12H2,(H,24,25). The van der Waals surface area contributed by atoms with Gasteiger partial charge in [-0.25, -0.2) is 0 Å². The molecule has 0 unspecified atom stereocenters. The van der Waals surface area contributed by atoms with Gasteiger partial charge in [0.15, 0.2) is 6.61 Å². The first-order valence-corrected chi connectivity index (χ1v) is 10.3. The Morgan fingerprint density at radius 1 is 1.15 bits per heavy atom. The maximum Gasteiger partial charge on any atom is 0.258 e. The van der Waals surface area contributed by atoms with Crippen molar-refractivity contribution >= 4 is 11.8 Å². The number of allylic oxidation sites excluding steroid dienone is 1. The molecule has 5 nitrogen and oxygen atoms in total. The van der Waals surface area contributed by atoms with Crippen molar-refractivity contribution in [2.45, 2.75) is 69.7 Å². The smallest absolute Gasteiger partial charge is 0.258 e. The normalized spacial score (nSPS) is 37.8. The number of carbonyl (C=O) groups is 1. The van der Waals surface area contributed by atoms with Gasteiger partial charge < -0.3 is 15.4 Å². The van der Waals surface area contributed by atoms with Gasteiger partial charge in [0, 0.05) is 16.8 Å². The summed E-state index contributed by atoms with van der Waals surface area (Å²) in [5, 5.41) is 6.63. The Bertz CT molecular complexity index is 671. The first-order chi connectivity index (χ1) is 12.6. The third-order valence-electron chi connectivity index (χ3n) is 7.04. The molecule has 1 aliphatic heterocycles. The highest BCUT2D eigenvalue weighted by Gasteiger charge is 2.51. The summed E-state index contributed by atoms with van der Waals surface area (Å²) >= 11 is 0. The molecular formula is C21H29N3O2. The quantitative estimate of drug-likeness (QED) is 0.816. The Balaban J connectivity index is 1.23. The van der Waals surface area contributed by atoms with Crippen molar-refractivity contribution in [3.63, 3.8) is 0 Å². The van der Waals surface area contributed by atoms with E-state index in [1.54, 1.807) is 0 Å². The lowest BCUT2D eigenvalue weighted by Crippen LogP contribution is -2.60. The minimum Gasteiger partial charge on any atom is -0.467 e. The van der Waals surface area contributed by atoms with Gasteiger partial charge in [0.05, 0.1) is 0 Å². The fraction of sp³-hybridized carbons (Fsp3) is 0.714. The maximum absolute atomic E-state index is 12.7. The van der Waals surface area contributed by atoms with Gasteiger partial charge in [0.2, 0.25) is 5.90 Å². The van der Waals surface area contributed by atoms with Crippen LogP contribution in [0.4, 0.5) is 0 Å². The average molecular weight is 355 g/mol. The lowest BCUT2D eigenvalue weighted by molar-refractivity contribution is -0.129. The lowest BCUT2D eigenvalue weighted by Gasteiger charge is -2.56.